The predicted molar refractivity (Wildman–Crippen MR) is 128 cm³/mol. The van der Waals surface area contributed by atoms with Crippen molar-refractivity contribution in [2.75, 3.05) is 0 Å². The van der Waals surface area contributed by atoms with E-state index in [1.165, 1.54) is 57.8 Å². The second-order valence-electron chi connectivity index (χ2n) is 12.9. The Bertz CT molecular complexity index is 634. The first-order valence-corrected chi connectivity index (χ1v) is 13.6. The first-order valence-electron chi connectivity index (χ1n) is 13.6. The number of rotatable bonds is 6. The molecule has 1 heteroatoms. The largest absolute Gasteiger partial charge is 0.393 e. The van der Waals surface area contributed by atoms with E-state index in [0.29, 0.717) is 10.8 Å². The van der Waals surface area contributed by atoms with Crippen LogP contribution in [0, 0.1) is 52.3 Å². The van der Waals surface area contributed by atoms with Crippen LogP contribution in [0.5, 0.6) is 0 Å². The number of hydrogen-bond acceptors (Lipinski definition) is 1. The van der Waals surface area contributed by atoms with Crippen LogP contribution in [0.2, 0.25) is 0 Å². The highest BCUT2D eigenvalue weighted by molar-refractivity contribution is 5.25. The zero-order valence-electron chi connectivity index (χ0n) is 20.9. The minimum atomic E-state index is -0.0794. The first kappa shape index (κ1) is 22.9. The van der Waals surface area contributed by atoms with Crippen molar-refractivity contribution >= 4 is 0 Å². The molecule has 0 heterocycles. The number of allylic oxidation sites excluding steroid dienone is 1. The molecule has 0 amide bonds. The maximum absolute atomic E-state index is 10.2. The van der Waals surface area contributed by atoms with E-state index in [1.807, 2.05) is 0 Å². The van der Waals surface area contributed by atoms with E-state index in [9.17, 15) is 5.11 Å². The molecule has 0 aliphatic heterocycles. The van der Waals surface area contributed by atoms with Crippen LogP contribution in [0.1, 0.15) is 112 Å². The second-order valence-corrected chi connectivity index (χ2v) is 12.9. The van der Waals surface area contributed by atoms with Gasteiger partial charge in [-0.1, -0.05) is 66.0 Å². The molecule has 1 N–H and O–H groups in total. The molecule has 30 heavy (non-hydrogen) atoms. The summed E-state index contributed by atoms with van der Waals surface area (Å²) in [6, 6.07) is 0. The summed E-state index contributed by atoms with van der Waals surface area (Å²) in [7, 11) is 0. The average Bonchev–Trinajstić information content (AvgIpc) is 3.06. The molecule has 4 rings (SSSR count). The molecule has 0 aromatic heterocycles. The quantitative estimate of drug-likeness (QED) is 0.436. The number of hydrogen-bond donors (Lipinski definition) is 1. The van der Waals surface area contributed by atoms with Gasteiger partial charge >= 0.3 is 0 Å². The second kappa shape index (κ2) is 8.57. The molecule has 3 saturated carbocycles. The minimum absolute atomic E-state index is 0.0794. The molecule has 4 aliphatic carbocycles. The molecule has 9 atom stereocenters. The smallest absolute Gasteiger partial charge is 0.0577 e. The van der Waals surface area contributed by atoms with Gasteiger partial charge in [-0.2, -0.15) is 0 Å². The highest BCUT2D eigenvalue weighted by Gasteiger charge is 2.59. The Morgan fingerprint density at radius 3 is 2.47 bits per heavy atom. The molecule has 0 bridgehead atoms. The minimum Gasteiger partial charge on any atom is -0.393 e. The van der Waals surface area contributed by atoms with Crippen LogP contribution in [-0.4, -0.2) is 11.2 Å². The summed E-state index contributed by atoms with van der Waals surface area (Å²) >= 11 is 0. The molecule has 3 fully saturated rings. The molecular weight excluding hydrogens is 364 g/mol. The molecule has 0 spiro atoms. The molecule has 0 saturated heterocycles. The van der Waals surface area contributed by atoms with Gasteiger partial charge in [0.1, 0.15) is 0 Å². The summed E-state index contributed by atoms with van der Waals surface area (Å²) < 4.78 is 0. The van der Waals surface area contributed by atoms with Crippen molar-refractivity contribution in [1.82, 2.24) is 0 Å². The zero-order chi connectivity index (χ0) is 21.7. The van der Waals surface area contributed by atoms with E-state index in [0.717, 1.165) is 54.3 Å². The maximum Gasteiger partial charge on any atom is 0.0577 e. The molecular formula is C29H50O. The Morgan fingerprint density at radius 1 is 1.00 bits per heavy atom. The van der Waals surface area contributed by atoms with E-state index < -0.39 is 0 Å². The SMILES string of the molecule is CC[C@@H](CC[C@H](C)[C@H]1CC[C@@H]2[C@H]3CC=C4C[C@@H](O)CC[C@]4(C)[C@H]3CC[C@@]21C)C(C)C. The Hall–Kier alpha value is -0.300. The Balaban J connectivity index is 1.47. The Labute approximate surface area is 187 Å². The van der Waals surface area contributed by atoms with Gasteiger partial charge in [0.15, 0.2) is 0 Å². The fraction of sp³-hybridized carbons (Fsp3) is 0.931. The fourth-order valence-electron chi connectivity index (χ4n) is 9.30. The van der Waals surface area contributed by atoms with Gasteiger partial charge in [0, 0.05) is 0 Å². The van der Waals surface area contributed by atoms with Crippen LogP contribution in [0.25, 0.3) is 0 Å². The topological polar surface area (TPSA) is 20.2 Å². The summed E-state index contributed by atoms with van der Waals surface area (Å²) in [4.78, 5) is 0. The van der Waals surface area contributed by atoms with Crippen molar-refractivity contribution in [3.05, 3.63) is 11.6 Å². The molecule has 1 nitrogen and oxygen atoms in total. The van der Waals surface area contributed by atoms with Crippen molar-refractivity contribution in [2.24, 2.45) is 52.3 Å². The van der Waals surface area contributed by atoms with Gasteiger partial charge in [-0.05, 0) is 110 Å². The lowest BCUT2D eigenvalue weighted by Gasteiger charge is -2.58. The highest BCUT2D eigenvalue weighted by Crippen LogP contribution is 2.67. The fourth-order valence-corrected chi connectivity index (χ4v) is 9.30. The van der Waals surface area contributed by atoms with E-state index in [4.69, 9.17) is 0 Å². The van der Waals surface area contributed by atoms with Crippen LogP contribution < -0.4 is 0 Å². The standard InChI is InChI=1S/C29H50O/c1-7-21(19(2)3)9-8-20(4)25-12-13-26-24-11-10-22-18-23(30)14-16-28(22,5)27(24)15-17-29(25,26)6/h10,19-21,23-27,30H,7-9,11-18H2,1-6H3/t20-,21-,23-,24+,25+,26+,27-,28-,29+/m0/s1. The van der Waals surface area contributed by atoms with Crippen molar-refractivity contribution in [3.8, 4) is 0 Å². The van der Waals surface area contributed by atoms with Crippen LogP contribution in [0.4, 0.5) is 0 Å². The van der Waals surface area contributed by atoms with Gasteiger partial charge in [0.2, 0.25) is 0 Å². The lowest BCUT2D eigenvalue weighted by atomic mass is 9.47. The number of aliphatic hydroxyl groups is 1. The highest BCUT2D eigenvalue weighted by atomic mass is 16.3. The molecule has 0 radical (unpaired) electrons. The van der Waals surface area contributed by atoms with Crippen LogP contribution in [0.3, 0.4) is 0 Å². The normalized spacial score (nSPS) is 45.3. The average molecular weight is 415 g/mol. The summed E-state index contributed by atoms with van der Waals surface area (Å²) in [5.41, 5.74) is 2.59. The Kier molecular flexibility index (Phi) is 6.53. The van der Waals surface area contributed by atoms with Crippen LogP contribution >= 0.6 is 0 Å². The lowest BCUT2D eigenvalue weighted by molar-refractivity contribution is -0.0575. The van der Waals surface area contributed by atoms with Crippen molar-refractivity contribution < 1.29 is 5.11 Å². The summed E-state index contributed by atoms with van der Waals surface area (Å²) in [5, 5.41) is 10.2. The number of fused-ring (bicyclic) bond motifs is 5. The summed E-state index contributed by atoms with van der Waals surface area (Å²) in [5.74, 6) is 6.31. The van der Waals surface area contributed by atoms with E-state index >= 15 is 0 Å². The van der Waals surface area contributed by atoms with E-state index in [-0.39, 0.29) is 6.10 Å². The van der Waals surface area contributed by atoms with Gasteiger partial charge < -0.3 is 5.11 Å². The lowest BCUT2D eigenvalue weighted by Crippen LogP contribution is -2.50. The van der Waals surface area contributed by atoms with Gasteiger partial charge in [-0.3, -0.25) is 0 Å². The molecule has 172 valence electrons. The molecule has 4 aliphatic rings. The van der Waals surface area contributed by atoms with Crippen molar-refractivity contribution in [2.45, 2.75) is 118 Å². The molecule has 0 aromatic carbocycles. The van der Waals surface area contributed by atoms with Gasteiger partial charge in [-0.25, -0.2) is 0 Å². The monoisotopic (exact) mass is 414 g/mol. The molecule has 0 aromatic rings. The third-order valence-electron chi connectivity index (χ3n) is 11.3. The van der Waals surface area contributed by atoms with Crippen molar-refractivity contribution in [1.29, 1.82) is 0 Å². The first-order chi connectivity index (χ1) is 14.2. The van der Waals surface area contributed by atoms with Gasteiger partial charge in [0.05, 0.1) is 6.10 Å². The summed E-state index contributed by atoms with van der Waals surface area (Å²) in [6.07, 6.45) is 17.1. The van der Waals surface area contributed by atoms with Crippen LogP contribution in [0.15, 0.2) is 11.6 Å². The van der Waals surface area contributed by atoms with E-state index in [1.54, 1.807) is 5.57 Å². The number of aliphatic hydroxyl groups excluding tert-OH is 1. The summed E-state index contributed by atoms with van der Waals surface area (Å²) in [6.45, 7) is 15.1. The van der Waals surface area contributed by atoms with Gasteiger partial charge in [0.25, 0.3) is 0 Å². The third kappa shape index (κ3) is 3.74. The Morgan fingerprint density at radius 2 is 1.77 bits per heavy atom. The zero-order valence-corrected chi connectivity index (χ0v) is 20.9. The third-order valence-corrected chi connectivity index (χ3v) is 11.3. The molecule has 0 unspecified atom stereocenters. The van der Waals surface area contributed by atoms with E-state index in [2.05, 4.69) is 47.6 Å². The van der Waals surface area contributed by atoms with Crippen molar-refractivity contribution in [3.63, 3.8) is 0 Å². The van der Waals surface area contributed by atoms with Crippen LogP contribution in [-0.2, 0) is 0 Å². The maximum atomic E-state index is 10.2. The predicted octanol–water partition coefficient (Wildman–Crippen LogP) is 8.02. The van der Waals surface area contributed by atoms with Gasteiger partial charge in [-0.15, -0.1) is 0 Å².